The predicted molar refractivity (Wildman–Crippen MR) is 88.1 cm³/mol. The molecule has 1 aliphatic rings. The minimum Gasteiger partial charge on any atom is -0.337 e. The largest absolute Gasteiger partial charge is 0.337 e. The summed E-state index contributed by atoms with van der Waals surface area (Å²) in [6.45, 7) is 6.50. The molecule has 0 unspecified atom stereocenters. The third-order valence-electron chi connectivity index (χ3n) is 4.23. The first-order chi connectivity index (χ1) is 10.6. The Morgan fingerprint density at radius 3 is 2.86 bits per heavy atom. The Bertz CT molecular complexity index is 648. The topological polar surface area (TPSA) is 41.4 Å². The highest BCUT2D eigenvalue weighted by atomic mass is 32.1. The van der Waals surface area contributed by atoms with Crippen LogP contribution in [0.15, 0.2) is 24.0 Å². The number of nitrogens with zero attached hydrogens (tertiary/aromatic N) is 4. The van der Waals surface area contributed by atoms with Crippen molar-refractivity contribution < 1.29 is 4.79 Å². The van der Waals surface area contributed by atoms with E-state index in [-0.39, 0.29) is 5.91 Å². The van der Waals surface area contributed by atoms with Crippen molar-refractivity contribution in [2.24, 2.45) is 7.05 Å². The van der Waals surface area contributed by atoms with E-state index >= 15 is 0 Å². The summed E-state index contributed by atoms with van der Waals surface area (Å²) in [5, 5.41) is 2.00. The van der Waals surface area contributed by atoms with Gasteiger partial charge in [0.25, 0.3) is 5.91 Å². The van der Waals surface area contributed by atoms with Gasteiger partial charge in [0.05, 0.1) is 16.9 Å². The second-order valence-corrected chi connectivity index (χ2v) is 6.77. The van der Waals surface area contributed by atoms with E-state index in [1.165, 1.54) is 5.69 Å². The summed E-state index contributed by atoms with van der Waals surface area (Å²) in [7, 11) is 2.02. The summed E-state index contributed by atoms with van der Waals surface area (Å²) in [5.74, 6) is 0.190. The highest BCUT2D eigenvalue weighted by Gasteiger charge is 2.22. The molecule has 1 saturated heterocycles. The van der Waals surface area contributed by atoms with Crippen molar-refractivity contribution in [3.05, 3.63) is 40.1 Å². The van der Waals surface area contributed by atoms with Gasteiger partial charge in [-0.1, -0.05) is 0 Å². The molecule has 2 aromatic rings. The molecule has 0 atom stereocenters. The second kappa shape index (κ2) is 6.62. The second-order valence-electron chi connectivity index (χ2n) is 5.85. The smallest absolute Gasteiger partial charge is 0.264 e. The molecule has 0 bridgehead atoms. The lowest BCUT2D eigenvalue weighted by atomic mass is 10.2. The highest BCUT2D eigenvalue weighted by molar-refractivity contribution is 7.12. The number of rotatable bonds is 3. The van der Waals surface area contributed by atoms with Gasteiger partial charge in [0.2, 0.25) is 0 Å². The molecule has 0 radical (unpaired) electrons. The number of carbonyl (C=O) groups is 1. The molecule has 0 N–H and O–H groups in total. The van der Waals surface area contributed by atoms with Crippen LogP contribution in [0.25, 0.3) is 0 Å². The summed E-state index contributed by atoms with van der Waals surface area (Å²) in [6.07, 6.45) is 4.78. The van der Waals surface area contributed by atoms with Crippen molar-refractivity contribution in [3.63, 3.8) is 0 Å². The van der Waals surface area contributed by atoms with E-state index in [0.29, 0.717) is 0 Å². The average Bonchev–Trinajstić information content (AvgIpc) is 3.02. The van der Waals surface area contributed by atoms with Gasteiger partial charge >= 0.3 is 0 Å². The van der Waals surface area contributed by atoms with Crippen molar-refractivity contribution in [2.75, 3.05) is 26.2 Å². The molecule has 3 heterocycles. The van der Waals surface area contributed by atoms with E-state index < -0.39 is 0 Å². The molecular formula is C16H22N4OS. The van der Waals surface area contributed by atoms with Crippen LogP contribution in [0.3, 0.4) is 0 Å². The molecule has 1 amide bonds. The molecule has 22 heavy (non-hydrogen) atoms. The Hall–Kier alpha value is -1.66. The van der Waals surface area contributed by atoms with Gasteiger partial charge in [0, 0.05) is 46.0 Å². The number of hydrogen-bond donors (Lipinski definition) is 0. The van der Waals surface area contributed by atoms with Crippen molar-refractivity contribution in [3.8, 4) is 0 Å². The quantitative estimate of drug-likeness (QED) is 0.871. The van der Waals surface area contributed by atoms with Gasteiger partial charge in [-0.3, -0.25) is 9.69 Å². The molecule has 0 saturated carbocycles. The molecule has 0 aromatic carbocycles. The lowest BCUT2D eigenvalue weighted by Crippen LogP contribution is -2.35. The summed E-state index contributed by atoms with van der Waals surface area (Å²) >= 11 is 1.55. The van der Waals surface area contributed by atoms with Crippen molar-refractivity contribution >= 4 is 17.2 Å². The minimum atomic E-state index is 0.190. The van der Waals surface area contributed by atoms with Gasteiger partial charge in [0.15, 0.2) is 0 Å². The number of carbonyl (C=O) groups excluding carboxylic acids is 1. The Labute approximate surface area is 135 Å². The van der Waals surface area contributed by atoms with Crippen LogP contribution < -0.4 is 0 Å². The van der Waals surface area contributed by atoms with E-state index in [1.807, 2.05) is 42.8 Å². The third kappa shape index (κ3) is 3.23. The molecule has 5 nitrogen and oxygen atoms in total. The Morgan fingerprint density at radius 1 is 1.32 bits per heavy atom. The number of amides is 1. The lowest BCUT2D eigenvalue weighted by molar-refractivity contribution is 0.0765. The summed E-state index contributed by atoms with van der Waals surface area (Å²) in [5.41, 5.74) is 2.31. The Morgan fingerprint density at radius 2 is 2.18 bits per heavy atom. The van der Waals surface area contributed by atoms with Crippen molar-refractivity contribution in [1.29, 1.82) is 0 Å². The van der Waals surface area contributed by atoms with Gasteiger partial charge in [-0.15, -0.1) is 11.3 Å². The highest BCUT2D eigenvalue weighted by Crippen LogP contribution is 2.19. The van der Waals surface area contributed by atoms with E-state index in [2.05, 4.69) is 14.5 Å². The third-order valence-corrected chi connectivity index (χ3v) is 5.24. The average molecular weight is 318 g/mol. The molecular weight excluding hydrogens is 296 g/mol. The maximum Gasteiger partial charge on any atom is 0.264 e. The number of hydrogen-bond acceptors (Lipinski definition) is 4. The van der Waals surface area contributed by atoms with Crippen LogP contribution >= 0.6 is 11.3 Å². The van der Waals surface area contributed by atoms with Crippen molar-refractivity contribution in [1.82, 2.24) is 19.4 Å². The molecule has 3 rings (SSSR count). The summed E-state index contributed by atoms with van der Waals surface area (Å²) < 4.78 is 2.06. The summed E-state index contributed by atoms with van der Waals surface area (Å²) in [6, 6.07) is 2.02. The first-order valence-electron chi connectivity index (χ1n) is 7.66. The lowest BCUT2D eigenvalue weighted by Gasteiger charge is -2.22. The van der Waals surface area contributed by atoms with Crippen molar-refractivity contribution in [2.45, 2.75) is 19.9 Å². The SMILES string of the molecule is Cc1ccsc1C(=O)N1CCCN(Cc2cncn2C)CC1. The number of aromatic nitrogens is 2. The molecule has 118 valence electrons. The number of thiophene rings is 1. The first-order valence-corrected chi connectivity index (χ1v) is 8.54. The first kappa shape index (κ1) is 15.2. The van der Waals surface area contributed by atoms with Crippen LogP contribution in [-0.4, -0.2) is 51.4 Å². The minimum absolute atomic E-state index is 0.190. The van der Waals surface area contributed by atoms with E-state index in [4.69, 9.17) is 0 Å². The van der Waals surface area contributed by atoms with Gasteiger partial charge < -0.3 is 9.47 Å². The summed E-state index contributed by atoms with van der Waals surface area (Å²) in [4.78, 5) is 22.1. The molecule has 6 heteroatoms. The van der Waals surface area contributed by atoms with Crippen LogP contribution in [-0.2, 0) is 13.6 Å². The predicted octanol–water partition coefficient (Wildman–Crippen LogP) is 2.14. The Kier molecular flexibility index (Phi) is 4.59. The van der Waals surface area contributed by atoms with Gasteiger partial charge in [-0.2, -0.15) is 0 Å². The van der Waals surface area contributed by atoms with Crippen LogP contribution in [0.1, 0.15) is 27.3 Å². The van der Waals surface area contributed by atoms with Gasteiger partial charge in [-0.25, -0.2) is 4.98 Å². The molecule has 2 aromatic heterocycles. The Balaban J connectivity index is 1.61. The molecule has 1 fully saturated rings. The fourth-order valence-electron chi connectivity index (χ4n) is 2.83. The zero-order valence-electron chi connectivity index (χ0n) is 13.2. The van der Waals surface area contributed by atoms with Crippen LogP contribution in [0.4, 0.5) is 0 Å². The fourth-order valence-corrected chi connectivity index (χ4v) is 3.73. The standard InChI is InChI=1S/C16H22N4OS/c1-13-4-9-22-15(13)16(21)20-6-3-5-19(7-8-20)11-14-10-17-12-18(14)2/h4,9-10,12H,3,5-8,11H2,1-2H3. The number of imidazole rings is 1. The fraction of sp³-hybridized carbons (Fsp3) is 0.500. The van der Waals surface area contributed by atoms with Gasteiger partial charge in [0.1, 0.15) is 0 Å². The van der Waals surface area contributed by atoms with Crippen LogP contribution in [0.2, 0.25) is 0 Å². The van der Waals surface area contributed by atoms with E-state index in [9.17, 15) is 4.79 Å². The van der Waals surface area contributed by atoms with Gasteiger partial charge in [-0.05, 0) is 30.4 Å². The van der Waals surface area contributed by atoms with Crippen LogP contribution in [0, 0.1) is 6.92 Å². The van der Waals surface area contributed by atoms with Crippen LogP contribution in [0.5, 0.6) is 0 Å². The zero-order chi connectivity index (χ0) is 15.5. The maximum absolute atomic E-state index is 12.6. The monoisotopic (exact) mass is 318 g/mol. The molecule has 0 spiro atoms. The molecule has 0 aliphatic carbocycles. The zero-order valence-corrected chi connectivity index (χ0v) is 14.0. The number of aryl methyl sites for hydroxylation is 2. The normalized spacial score (nSPS) is 16.7. The molecule has 1 aliphatic heterocycles. The maximum atomic E-state index is 12.6. The van der Waals surface area contributed by atoms with E-state index in [1.54, 1.807) is 11.3 Å². The van der Waals surface area contributed by atoms with E-state index in [0.717, 1.165) is 49.6 Å².